The molecule has 0 radical (unpaired) electrons. The van der Waals surface area contributed by atoms with Gasteiger partial charge in [-0.25, -0.2) is 14.2 Å². The van der Waals surface area contributed by atoms with Crippen molar-refractivity contribution in [2.75, 3.05) is 25.6 Å². The topological polar surface area (TPSA) is 91.2 Å². The normalized spacial score (nSPS) is 18.4. The predicted octanol–water partition coefficient (Wildman–Crippen LogP) is 3.59. The molecular weight excluding hydrogens is 413 g/mol. The van der Waals surface area contributed by atoms with Gasteiger partial charge in [-0.15, -0.1) is 0 Å². The van der Waals surface area contributed by atoms with Crippen LogP contribution in [0.5, 0.6) is 5.75 Å². The van der Waals surface area contributed by atoms with Crippen LogP contribution in [-0.4, -0.2) is 48.4 Å². The molecule has 0 bridgehead atoms. The molecular formula is C21H21ClFN3O4. The molecule has 0 saturated carbocycles. The summed E-state index contributed by atoms with van der Waals surface area (Å²) >= 11 is 6.16. The standard InChI is InChI=1S/C21H21ClFN3O4/c1-12-9-16(22)18(30-8-7-27)10-17(12)25-20(28)15-11-24-21(29)26(2)19(15)13-3-5-14(23)6-4-13/h3-6,9-11,15,19,27H,7-8H2,1-2H3,(H,25,28)/t15?,19-/m0/s1. The maximum Gasteiger partial charge on any atom is 0.343 e. The number of carbonyl (C=O) groups excluding carboxylic acids is 2. The number of nitrogens with zero attached hydrogens (tertiary/aromatic N) is 2. The Labute approximate surface area is 178 Å². The van der Waals surface area contributed by atoms with Crippen molar-refractivity contribution in [2.45, 2.75) is 13.0 Å². The zero-order chi connectivity index (χ0) is 21.8. The molecule has 1 heterocycles. The minimum atomic E-state index is -0.796. The Morgan fingerprint density at radius 3 is 2.70 bits per heavy atom. The summed E-state index contributed by atoms with van der Waals surface area (Å²) in [6, 6.07) is 7.73. The molecule has 0 aromatic heterocycles. The molecule has 2 aromatic carbocycles. The summed E-state index contributed by atoms with van der Waals surface area (Å²) in [5.74, 6) is -1.28. The van der Waals surface area contributed by atoms with Crippen LogP contribution < -0.4 is 10.1 Å². The minimum Gasteiger partial charge on any atom is -0.490 e. The molecule has 9 heteroatoms. The van der Waals surface area contributed by atoms with E-state index in [0.717, 1.165) is 0 Å². The van der Waals surface area contributed by atoms with Crippen LogP contribution in [0.15, 0.2) is 41.4 Å². The molecule has 1 aliphatic heterocycles. The van der Waals surface area contributed by atoms with E-state index in [1.54, 1.807) is 26.1 Å². The summed E-state index contributed by atoms with van der Waals surface area (Å²) in [5, 5.41) is 12.1. The van der Waals surface area contributed by atoms with Gasteiger partial charge in [-0.1, -0.05) is 23.7 Å². The summed E-state index contributed by atoms with van der Waals surface area (Å²) in [7, 11) is 1.54. The Kier molecular flexibility index (Phi) is 6.69. The highest BCUT2D eigenvalue weighted by Gasteiger charge is 2.37. The van der Waals surface area contributed by atoms with Gasteiger partial charge in [-0.05, 0) is 36.2 Å². The third-order valence-electron chi connectivity index (χ3n) is 4.80. The highest BCUT2D eigenvalue weighted by atomic mass is 35.5. The Bertz CT molecular complexity index is 981. The first-order chi connectivity index (χ1) is 14.3. The van der Waals surface area contributed by atoms with Gasteiger partial charge in [-0.3, -0.25) is 4.79 Å². The molecule has 0 saturated heterocycles. The highest BCUT2D eigenvalue weighted by molar-refractivity contribution is 6.32. The number of rotatable bonds is 6. The molecule has 2 atom stereocenters. The number of aliphatic imine (C=N–C) groups is 1. The van der Waals surface area contributed by atoms with Crippen molar-refractivity contribution in [1.29, 1.82) is 0 Å². The fourth-order valence-corrected chi connectivity index (χ4v) is 3.52. The number of hydrogen-bond acceptors (Lipinski definition) is 4. The van der Waals surface area contributed by atoms with Crippen LogP contribution >= 0.6 is 11.6 Å². The molecule has 158 valence electrons. The van der Waals surface area contributed by atoms with Gasteiger partial charge in [0, 0.05) is 25.0 Å². The number of anilines is 1. The lowest BCUT2D eigenvalue weighted by Gasteiger charge is -2.34. The maximum absolute atomic E-state index is 13.3. The number of aryl methyl sites for hydroxylation is 1. The smallest absolute Gasteiger partial charge is 0.343 e. The van der Waals surface area contributed by atoms with E-state index < -0.39 is 29.7 Å². The molecule has 0 aliphatic carbocycles. The lowest BCUT2D eigenvalue weighted by Crippen LogP contribution is -2.43. The molecule has 0 spiro atoms. The van der Waals surface area contributed by atoms with Gasteiger partial charge in [-0.2, -0.15) is 0 Å². The van der Waals surface area contributed by atoms with E-state index in [1.807, 2.05) is 0 Å². The molecule has 1 aliphatic rings. The van der Waals surface area contributed by atoms with Crippen LogP contribution in [-0.2, 0) is 4.79 Å². The molecule has 0 fully saturated rings. The number of ether oxygens (including phenoxy) is 1. The Morgan fingerprint density at radius 1 is 1.33 bits per heavy atom. The number of halogens is 2. The van der Waals surface area contributed by atoms with Gasteiger partial charge in [0.15, 0.2) is 0 Å². The van der Waals surface area contributed by atoms with Crippen LogP contribution in [0, 0.1) is 18.7 Å². The summed E-state index contributed by atoms with van der Waals surface area (Å²) in [6.45, 7) is 1.66. The largest absolute Gasteiger partial charge is 0.490 e. The Hall–Kier alpha value is -2.97. The predicted molar refractivity (Wildman–Crippen MR) is 112 cm³/mol. The zero-order valence-corrected chi connectivity index (χ0v) is 17.2. The monoisotopic (exact) mass is 433 g/mol. The Balaban J connectivity index is 1.90. The van der Waals surface area contributed by atoms with E-state index in [4.69, 9.17) is 21.4 Å². The van der Waals surface area contributed by atoms with Gasteiger partial charge < -0.3 is 20.1 Å². The maximum atomic E-state index is 13.3. The first kappa shape index (κ1) is 21.7. The van der Waals surface area contributed by atoms with Crippen molar-refractivity contribution in [3.05, 3.63) is 58.4 Å². The molecule has 3 rings (SSSR count). The van der Waals surface area contributed by atoms with E-state index in [-0.39, 0.29) is 13.2 Å². The van der Waals surface area contributed by atoms with Gasteiger partial charge >= 0.3 is 6.03 Å². The average molecular weight is 434 g/mol. The number of aliphatic hydroxyl groups excluding tert-OH is 1. The fraction of sp³-hybridized carbons (Fsp3) is 0.286. The number of carbonyl (C=O) groups is 2. The number of nitrogens with one attached hydrogen (secondary N) is 1. The van der Waals surface area contributed by atoms with Crippen LogP contribution in [0.3, 0.4) is 0 Å². The second kappa shape index (κ2) is 9.23. The van der Waals surface area contributed by atoms with Gasteiger partial charge in [0.25, 0.3) is 0 Å². The van der Waals surface area contributed by atoms with Crippen LogP contribution in [0.2, 0.25) is 5.02 Å². The summed E-state index contributed by atoms with van der Waals surface area (Å²) < 4.78 is 18.7. The van der Waals surface area contributed by atoms with Crippen molar-refractivity contribution < 1.29 is 23.8 Å². The van der Waals surface area contributed by atoms with Crippen molar-refractivity contribution in [3.8, 4) is 5.75 Å². The number of benzene rings is 2. The molecule has 7 nitrogen and oxygen atoms in total. The van der Waals surface area contributed by atoms with E-state index in [1.165, 1.54) is 35.4 Å². The molecule has 2 aromatic rings. The second-order valence-electron chi connectivity index (χ2n) is 6.85. The minimum absolute atomic E-state index is 0.0605. The molecule has 30 heavy (non-hydrogen) atoms. The van der Waals surface area contributed by atoms with Gasteiger partial charge in [0.05, 0.1) is 23.6 Å². The average Bonchev–Trinajstić information content (AvgIpc) is 2.71. The number of hydrogen-bond donors (Lipinski definition) is 2. The number of aliphatic hydroxyl groups is 1. The van der Waals surface area contributed by atoms with Crippen molar-refractivity contribution in [3.63, 3.8) is 0 Å². The van der Waals surface area contributed by atoms with Crippen molar-refractivity contribution in [2.24, 2.45) is 10.9 Å². The van der Waals surface area contributed by atoms with Crippen LogP contribution in [0.4, 0.5) is 14.9 Å². The van der Waals surface area contributed by atoms with Crippen LogP contribution in [0.1, 0.15) is 17.2 Å². The zero-order valence-electron chi connectivity index (χ0n) is 16.4. The highest BCUT2D eigenvalue weighted by Crippen LogP contribution is 2.34. The summed E-state index contributed by atoms with van der Waals surface area (Å²) in [5.41, 5.74) is 1.79. The lowest BCUT2D eigenvalue weighted by atomic mass is 9.90. The molecule has 1 unspecified atom stereocenters. The van der Waals surface area contributed by atoms with E-state index in [0.29, 0.717) is 27.6 Å². The number of urea groups is 1. The van der Waals surface area contributed by atoms with Gasteiger partial charge in [0.1, 0.15) is 18.2 Å². The van der Waals surface area contributed by atoms with E-state index >= 15 is 0 Å². The lowest BCUT2D eigenvalue weighted by molar-refractivity contribution is -0.119. The van der Waals surface area contributed by atoms with Crippen molar-refractivity contribution >= 4 is 35.4 Å². The van der Waals surface area contributed by atoms with Crippen molar-refractivity contribution in [1.82, 2.24) is 4.90 Å². The first-order valence-corrected chi connectivity index (χ1v) is 9.60. The second-order valence-corrected chi connectivity index (χ2v) is 7.26. The third kappa shape index (κ3) is 4.60. The SMILES string of the molecule is Cc1cc(Cl)c(OCCO)cc1NC(=O)C1C=NC(=O)N(C)[C@H]1c1ccc(F)cc1. The van der Waals surface area contributed by atoms with E-state index in [9.17, 15) is 14.0 Å². The fourth-order valence-electron chi connectivity index (χ4n) is 3.25. The summed E-state index contributed by atoms with van der Waals surface area (Å²) in [6.07, 6.45) is 1.31. The van der Waals surface area contributed by atoms with Gasteiger partial charge in [0.2, 0.25) is 5.91 Å². The summed E-state index contributed by atoms with van der Waals surface area (Å²) in [4.78, 5) is 30.3. The first-order valence-electron chi connectivity index (χ1n) is 9.23. The third-order valence-corrected chi connectivity index (χ3v) is 5.10. The van der Waals surface area contributed by atoms with E-state index in [2.05, 4.69) is 10.3 Å². The number of amides is 3. The van der Waals surface area contributed by atoms with Crippen LogP contribution in [0.25, 0.3) is 0 Å². The Morgan fingerprint density at radius 2 is 2.03 bits per heavy atom. The quantitative estimate of drug-likeness (QED) is 0.728. The molecule has 3 amide bonds. The molecule has 2 N–H and O–H groups in total.